The molecule has 0 aliphatic carbocycles. The molecule has 136 valence electrons. The predicted molar refractivity (Wildman–Crippen MR) is 102 cm³/mol. The maximum atomic E-state index is 14.1. The fraction of sp³-hybridized carbons (Fsp3) is 0.143. The molecule has 0 spiro atoms. The molecule has 4 rings (SSSR count). The van der Waals surface area contributed by atoms with Crippen LogP contribution in [0.5, 0.6) is 0 Å². The molecule has 2 aromatic carbocycles. The van der Waals surface area contributed by atoms with Gasteiger partial charge in [-0.15, -0.1) is 0 Å². The van der Waals surface area contributed by atoms with E-state index in [-0.39, 0.29) is 17.4 Å². The summed E-state index contributed by atoms with van der Waals surface area (Å²) >= 11 is 0. The van der Waals surface area contributed by atoms with E-state index in [9.17, 15) is 13.6 Å². The van der Waals surface area contributed by atoms with E-state index in [0.717, 1.165) is 0 Å². The number of benzene rings is 2. The highest BCUT2D eigenvalue weighted by atomic mass is 19.1. The third kappa shape index (κ3) is 2.73. The first-order valence-electron chi connectivity index (χ1n) is 8.50. The number of rotatable bonds is 1. The normalized spacial score (nSPS) is 15.6. The standard InChI is InChI=1S/C21H17F2N3O/c1-11-16-10-18(27)26(2)21(24)19(16)15-8-7-14(23)9-17(15)20(25-11)12-3-5-13(22)6-4-12/h3-11H,24H2,1-2H3/t11-/m0/s1. The Kier molecular flexibility index (Phi) is 3.91. The zero-order chi connectivity index (χ0) is 19.3. The molecule has 0 amide bonds. The number of nitrogens with zero attached hydrogens (tertiary/aromatic N) is 2. The molecule has 2 heterocycles. The van der Waals surface area contributed by atoms with Crippen LogP contribution in [0.3, 0.4) is 0 Å². The molecule has 3 aromatic rings. The van der Waals surface area contributed by atoms with Gasteiger partial charge in [-0.1, -0.05) is 6.07 Å². The maximum Gasteiger partial charge on any atom is 0.252 e. The molecule has 1 atom stereocenters. The van der Waals surface area contributed by atoms with E-state index in [1.165, 1.54) is 34.9 Å². The first-order chi connectivity index (χ1) is 12.9. The number of nitrogen functional groups attached to an aromatic ring is 1. The van der Waals surface area contributed by atoms with Crippen LogP contribution in [0.1, 0.15) is 29.7 Å². The lowest BCUT2D eigenvalue weighted by molar-refractivity contribution is 0.627. The van der Waals surface area contributed by atoms with Gasteiger partial charge in [0.15, 0.2) is 0 Å². The molecule has 1 aliphatic heterocycles. The zero-order valence-electron chi connectivity index (χ0n) is 14.8. The molecule has 0 saturated carbocycles. The van der Waals surface area contributed by atoms with Crippen LogP contribution in [0.25, 0.3) is 11.1 Å². The lowest BCUT2D eigenvalue weighted by Crippen LogP contribution is -2.21. The molecule has 4 nitrogen and oxygen atoms in total. The van der Waals surface area contributed by atoms with Gasteiger partial charge in [0, 0.05) is 29.8 Å². The Morgan fingerprint density at radius 1 is 1.00 bits per heavy atom. The van der Waals surface area contributed by atoms with E-state index < -0.39 is 5.82 Å². The Morgan fingerprint density at radius 2 is 1.67 bits per heavy atom. The minimum Gasteiger partial charge on any atom is -0.384 e. The highest BCUT2D eigenvalue weighted by Crippen LogP contribution is 2.39. The third-order valence-corrected chi connectivity index (χ3v) is 4.91. The SMILES string of the molecule is C[C@@H]1N=C(c2ccc(F)cc2)c2cc(F)ccc2-c2c1cc(=O)n(C)c2N. The van der Waals surface area contributed by atoms with Crippen LogP contribution >= 0.6 is 0 Å². The van der Waals surface area contributed by atoms with Crippen LogP contribution in [-0.4, -0.2) is 10.3 Å². The fourth-order valence-electron chi connectivity index (χ4n) is 3.46. The lowest BCUT2D eigenvalue weighted by Gasteiger charge is -2.17. The van der Waals surface area contributed by atoms with Crippen molar-refractivity contribution in [3.05, 3.63) is 87.2 Å². The molecule has 6 heteroatoms. The van der Waals surface area contributed by atoms with E-state index in [0.29, 0.717) is 39.3 Å². The molecular weight excluding hydrogens is 348 g/mol. The first kappa shape index (κ1) is 17.1. The number of nitrogens with two attached hydrogens (primary N) is 1. The number of fused-ring (bicyclic) bond motifs is 3. The van der Waals surface area contributed by atoms with Gasteiger partial charge in [-0.05, 0) is 54.4 Å². The van der Waals surface area contributed by atoms with Gasteiger partial charge < -0.3 is 5.73 Å². The monoisotopic (exact) mass is 365 g/mol. The van der Waals surface area contributed by atoms with Crippen molar-refractivity contribution in [2.45, 2.75) is 13.0 Å². The molecular formula is C21H17F2N3O. The first-order valence-corrected chi connectivity index (χ1v) is 8.50. The van der Waals surface area contributed by atoms with Gasteiger partial charge in [0.2, 0.25) is 0 Å². The second-order valence-corrected chi connectivity index (χ2v) is 6.61. The van der Waals surface area contributed by atoms with E-state index in [4.69, 9.17) is 10.7 Å². The van der Waals surface area contributed by atoms with Crippen LogP contribution in [0.15, 0.2) is 58.3 Å². The second kappa shape index (κ2) is 6.16. The van der Waals surface area contributed by atoms with Crippen molar-refractivity contribution in [1.82, 2.24) is 4.57 Å². The smallest absolute Gasteiger partial charge is 0.252 e. The Hall–Kier alpha value is -3.28. The van der Waals surface area contributed by atoms with Crippen LogP contribution in [0, 0.1) is 11.6 Å². The number of hydrogen-bond donors (Lipinski definition) is 1. The van der Waals surface area contributed by atoms with Crippen molar-refractivity contribution in [3.63, 3.8) is 0 Å². The minimum atomic E-state index is -0.414. The summed E-state index contributed by atoms with van der Waals surface area (Å²) in [5.74, 6) is -0.480. The van der Waals surface area contributed by atoms with Crippen LogP contribution < -0.4 is 11.3 Å². The van der Waals surface area contributed by atoms with Crippen LogP contribution in [0.2, 0.25) is 0 Å². The van der Waals surface area contributed by atoms with Crippen LogP contribution in [-0.2, 0) is 7.05 Å². The Bertz CT molecular complexity index is 1150. The summed E-state index contributed by atoms with van der Waals surface area (Å²) in [4.78, 5) is 17.0. The van der Waals surface area contributed by atoms with Gasteiger partial charge in [-0.25, -0.2) is 8.78 Å². The summed E-state index contributed by atoms with van der Waals surface area (Å²) in [6.45, 7) is 1.85. The summed E-state index contributed by atoms with van der Waals surface area (Å²) in [6.07, 6.45) is 0. The number of aromatic nitrogens is 1. The van der Waals surface area contributed by atoms with Crippen molar-refractivity contribution >= 4 is 11.5 Å². The number of pyridine rings is 1. The van der Waals surface area contributed by atoms with Gasteiger partial charge in [0.05, 0.1) is 11.8 Å². The van der Waals surface area contributed by atoms with Crippen LogP contribution in [0.4, 0.5) is 14.6 Å². The van der Waals surface area contributed by atoms with Crippen molar-refractivity contribution in [3.8, 4) is 11.1 Å². The predicted octanol–water partition coefficient (Wildman–Crippen LogP) is 3.82. The summed E-state index contributed by atoms with van der Waals surface area (Å²) in [7, 11) is 1.60. The number of hydrogen-bond acceptors (Lipinski definition) is 3. The minimum absolute atomic E-state index is 0.234. The van der Waals surface area contributed by atoms with Gasteiger partial charge in [-0.3, -0.25) is 14.4 Å². The van der Waals surface area contributed by atoms with Gasteiger partial charge in [0.1, 0.15) is 17.5 Å². The Balaban J connectivity index is 2.09. The van der Waals surface area contributed by atoms with Crippen molar-refractivity contribution < 1.29 is 8.78 Å². The largest absolute Gasteiger partial charge is 0.384 e. The topological polar surface area (TPSA) is 60.4 Å². The van der Waals surface area contributed by atoms with E-state index in [1.807, 2.05) is 6.92 Å². The molecule has 1 aromatic heterocycles. The average Bonchev–Trinajstić information content (AvgIpc) is 2.76. The van der Waals surface area contributed by atoms with E-state index in [1.54, 1.807) is 25.2 Å². The quantitative estimate of drug-likeness (QED) is 0.713. The molecule has 0 fully saturated rings. The Morgan fingerprint density at radius 3 is 2.37 bits per heavy atom. The lowest BCUT2D eigenvalue weighted by atomic mass is 9.91. The number of halogens is 2. The molecule has 0 radical (unpaired) electrons. The highest BCUT2D eigenvalue weighted by molar-refractivity contribution is 6.17. The molecule has 0 unspecified atom stereocenters. The Labute approximate surface area is 154 Å². The van der Waals surface area contributed by atoms with Crippen molar-refractivity contribution in [2.75, 3.05) is 5.73 Å². The van der Waals surface area contributed by atoms with Gasteiger partial charge >= 0.3 is 0 Å². The summed E-state index contributed by atoms with van der Waals surface area (Å²) in [6, 6.07) is 11.4. The average molecular weight is 365 g/mol. The second-order valence-electron chi connectivity index (χ2n) is 6.61. The van der Waals surface area contributed by atoms with Crippen molar-refractivity contribution in [1.29, 1.82) is 0 Å². The molecule has 0 bridgehead atoms. The van der Waals surface area contributed by atoms with Gasteiger partial charge in [0.25, 0.3) is 5.56 Å². The zero-order valence-corrected chi connectivity index (χ0v) is 14.8. The molecule has 2 N–H and O–H groups in total. The summed E-state index contributed by atoms with van der Waals surface area (Å²) in [5, 5.41) is 0. The number of aliphatic imine (C=N–C) groups is 1. The molecule has 1 aliphatic rings. The third-order valence-electron chi connectivity index (χ3n) is 4.91. The van der Waals surface area contributed by atoms with Crippen molar-refractivity contribution in [2.24, 2.45) is 12.0 Å². The van der Waals surface area contributed by atoms with E-state index >= 15 is 0 Å². The number of anilines is 1. The van der Waals surface area contributed by atoms with Gasteiger partial charge in [-0.2, -0.15) is 0 Å². The summed E-state index contributed by atoms with van der Waals surface area (Å²) < 4.78 is 28.8. The fourth-order valence-corrected chi connectivity index (χ4v) is 3.46. The summed E-state index contributed by atoms with van der Waals surface area (Å²) in [5.41, 5.74) is 9.81. The molecule has 27 heavy (non-hydrogen) atoms. The highest BCUT2D eigenvalue weighted by Gasteiger charge is 2.26. The van der Waals surface area contributed by atoms with E-state index in [2.05, 4.69) is 0 Å². The molecule has 0 saturated heterocycles. The maximum absolute atomic E-state index is 14.1.